The Hall–Kier alpha value is -1.91. The summed E-state index contributed by atoms with van der Waals surface area (Å²) in [6.07, 6.45) is 2.17. The van der Waals surface area contributed by atoms with Crippen molar-refractivity contribution in [2.45, 2.75) is 6.42 Å². The van der Waals surface area contributed by atoms with E-state index in [0.717, 1.165) is 20.9 Å². The molecule has 0 amide bonds. The van der Waals surface area contributed by atoms with E-state index in [2.05, 4.69) is 4.98 Å². The quantitative estimate of drug-likeness (QED) is 0.697. The van der Waals surface area contributed by atoms with Crippen LogP contribution < -0.4 is 0 Å². The van der Waals surface area contributed by atoms with E-state index in [1.807, 2.05) is 12.1 Å². The first-order chi connectivity index (χ1) is 10.1. The lowest BCUT2D eigenvalue weighted by atomic mass is 10.1. The SMILES string of the molecule is Oc1ccc(Cl)c(Cc2ccc(-c3ccc(F)nc3)s2)c1. The molecule has 0 saturated carbocycles. The molecule has 5 heteroatoms. The van der Waals surface area contributed by atoms with Gasteiger partial charge in [0.15, 0.2) is 0 Å². The Labute approximate surface area is 130 Å². The van der Waals surface area contributed by atoms with Crippen LogP contribution in [-0.2, 0) is 6.42 Å². The van der Waals surface area contributed by atoms with Crippen LogP contribution in [0.1, 0.15) is 10.4 Å². The largest absolute Gasteiger partial charge is 0.508 e. The first kappa shape index (κ1) is 14.0. The van der Waals surface area contributed by atoms with Crippen LogP contribution in [0, 0.1) is 5.95 Å². The molecule has 0 unspecified atom stereocenters. The van der Waals surface area contributed by atoms with Crippen molar-refractivity contribution in [2.24, 2.45) is 0 Å². The number of aromatic nitrogens is 1. The summed E-state index contributed by atoms with van der Waals surface area (Å²) in [6, 6.07) is 12.0. The molecule has 2 heterocycles. The molecule has 0 radical (unpaired) electrons. The third-order valence-corrected chi connectivity index (χ3v) is 4.57. The molecule has 2 aromatic heterocycles. The number of aromatic hydroxyl groups is 1. The second kappa shape index (κ2) is 5.84. The average Bonchev–Trinajstić information content (AvgIpc) is 2.92. The molecule has 21 heavy (non-hydrogen) atoms. The lowest BCUT2D eigenvalue weighted by molar-refractivity contribution is 0.474. The van der Waals surface area contributed by atoms with Crippen molar-refractivity contribution in [3.05, 3.63) is 70.1 Å². The highest BCUT2D eigenvalue weighted by molar-refractivity contribution is 7.15. The van der Waals surface area contributed by atoms with Crippen LogP contribution >= 0.6 is 22.9 Å². The average molecular weight is 320 g/mol. The molecule has 0 aliphatic rings. The maximum Gasteiger partial charge on any atom is 0.212 e. The number of rotatable bonds is 3. The van der Waals surface area contributed by atoms with Crippen LogP contribution in [0.2, 0.25) is 5.02 Å². The molecule has 0 bridgehead atoms. The molecular weight excluding hydrogens is 309 g/mol. The molecule has 0 aliphatic carbocycles. The molecule has 0 aliphatic heterocycles. The standard InChI is InChI=1S/C16H11ClFNOS/c17-14-4-2-12(20)7-11(14)8-13-3-5-15(21-13)10-1-6-16(18)19-9-10/h1-7,9,20H,8H2. The van der Waals surface area contributed by atoms with Crippen molar-refractivity contribution in [1.82, 2.24) is 4.98 Å². The number of benzene rings is 1. The molecule has 0 fully saturated rings. The fraction of sp³-hybridized carbons (Fsp3) is 0.0625. The highest BCUT2D eigenvalue weighted by Gasteiger charge is 2.07. The number of hydrogen-bond acceptors (Lipinski definition) is 3. The molecule has 0 atom stereocenters. The van der Waals surface area contributed by atoms with Crippen LogP contribution in [0.15, 0.2) is 48.7 Å². The molecule has 1 aromatic carbocycles. The predicted octanol–water partition coefficient (Wildman–Crippen LogP) is 4.90. The first-order valence-electron chi connectivity index (χ1n) is 6.30. The summed E-state index contributed by atoms with van der Waals surface area (Å²) >= 11 is 7.73. The molecule has 1 N–H and O–H groups in total. The Morgan fingerprint density at radius 1 is 1.14 bits per heavy atom. The Kier molecular flexibility index (Phi) is 3.90. The van der Waals surface area contributed by atoms with Gasteiger partial charge in [0.2, 0.25) is 5.95 Å². The Bertz CT molecular complexity index is 770. The normalized spacial score (nSPS) is 10.8. The Balaban J connectivity index is 1.85. The van der Waals surface area contributed by atoms with E-state index in [4.69, 9.17) is 11.6 Å². The zero-order chi connectivity index (χ0) is 14.8. The van der Waals surface area contributed by atoms with E-state index in [1.54, 1.807) is 35.6 Å². The maximum atomic E-state index is 12.8. The molecule has 106 valence electrons. The van der Waals surface area contributed by atoms with Gasteiger partial charge in [0, 0.05) is 33.0 Å². The van der Waals surface area contributed by atoms with E-state index < -0.39 is 5.95 Å². The van der Waals surface area contributed by atoms with E-state index in [0.29, 0.717) is 11.4 Å². The topological polar surface area (TPSA) is 33.1 Å². The number of pyridine rings is 1. The number of phenols is 1. The monoisotopic (exact) mass is 319 g/mol. The van der Waals surface area contributed by atoms with Gasteiger partial charge < -0.3 is 5.11 Å². The van der Waals surface area contributed by atoms with Crippen molar-refractivity contribution in [1.29, 1.82) is 0 Å². The second-order valence-electron chi connectivity index (χ2n) is 4.59. The van der Waals surface area contributed by atoms with Crippen molar-refractivity contribution < 1.29 is 9.50 Å². The van der Waals surface area contributed by atoms with Gasteiger partial charge in [-0.25, -0.2) is 4.98 Å². The molecule has 2 nitrogen and oxygen atoms in total. The molecular formula is C16H11ClFNOS. The highest BCUT2D eigenvalue weighted by Crippen LogP contribution is 2.31. The maximum absolute atomic E-state index is 12.8. The number of hydrogen-bond donors (Lipinski definition) is 1. The van der Waals surface area contributed by atoms with Crippen LogP contribution in [0.5, 0.6) is 5.75 Å². The second-order valence-corrected chi connectivity index (χ2v) is 6.16. The third-order valence-electron chi connectivity index (χ3n) is 3.07. The lowest BCUT2D eigenvalue weighted by Crippen LogP contribution is -1.85. The molecule has 0 saturated heterocycles. The summed E-state index contributed by atoms with van der Waals surface area (Å²) in [5.74, 6) is -0.281. The van der Waals surface area contributed by atoms with E-state index >= 15 is 0 Å². The summed E-state index contributed by atoms with van der Waals surface area (Å²) < 4.78 is 12.8. The van der Waals surface area contributed by atoms with Crippen LogP contribution in [0.25, 0.3) is 10.4 Å². The lowest BCUT2D eigenvalue weighted by Gasteiger charge is -2.03. The number of thiophene rings is 1. The van der Waals surface area contributed by atoms with E-state index in [-0.39, 0.29) is 5.75 Å². The minimum atomic E-state index is -0.484. The molecule has 0 spiro atoms. The van der Waals surface area contributed by atoms with Crippen molar-refractivity contribution in [2.75, 3.05) is 0 Å². The van der Waals surface area contributed by atoms with Gasteiger partial charge in [-0.2, -0.15) is 4.39 Å². The summed E-state index contributed by atoms with van der Waals surface area (Å²) in [4.78, 5) is 5.80. The Morgan fingerprint density at radius 3 is 2.76 bits per heavy atom. The minimum Gasteiger partial charge on any atom is -0.508 e. The summed E-state index contributed by atoms with van der Waals surface area (Å²) in [7, 11) is 0. The fourth-order valence-electron chi connectivity index (χ4n) is 2.03. The third kappa shape index (κ3) is 3.23. The zero-order valence-electron chi connectivity index (χ0n) is 10.9. The fourth-order valence-corrected chi connectivity index (χ4v) is 3.24. The van der Waals surface area contributed by atoms with Crippen molar-refractivity contribution >= 4 is 22.9 Å². The summed E-state index contributed by atoms with van der Waals surface area (Å²) in [6.45, 7) is 0. The predicted molar refractivity (Wildman–Crippen MR) is 83.4 cm³/mol. The summed E-state index contributed by atoms with van der Waals surface area (Å²) in [5, 5.41) is 10.2. The highest BCUT2D eigenvalue weighted by atomic mass is 35.5. The number of nitrogens with zero attached hydrogens (tertiary/aromatic N) is 1. The van der Waals surface area contributed by atoms with Gasteiger partial charge in [0.25, 0.3) is 0 Å². The molecule has 3 aromatic rings. The number of phenolic OH excluding ortho intramolecular Hbond substituents is 1. The smallest absolute Gasteiger partial charge is 0.212 e. The van der Waals surface area contributed by atoms with Crippen LogP contribution in [0.4, 0.5) is 4.39 Å². The van der Waals surface area contributed by atoms with Gasteiger partial charge in [-0.1, -0.05) is 11.6 Å². The minimum absolute atomic E-state index is 0.203. The molecule has 3 rings (SSSR count). The van der Waals surface area contributed by atoms with E-state index in [9.17, 15) is 9.50 Å². The van der Waals surface area contributed by atoms with Gasteiger partial charge in [-0.05, 0) is 48.0 Å². The van der Waals surface area contributed by atoms with Gasteiger partial charge in [0.05, 0.1) is 0 Å². The van der Waals surface area contributed by atoms with E-state index in [1.165, 1.54) is 12.3 Å². The zero-order valence-corrected chi connectivity index (χ0v) is 12.5. The Morgan fingerprint density at radius 2 is 2.00 bits per heavy atom. The van der Waals surface area contributed by atoms with Crippen LogP contribution in [-0.4, -0.2) is 10.1 Å². The first-order valence-corrected chi connectivity index (χ1v) is 7.49. The number of halogens is 2. The van der Waals surface area contributed by atoms with Crippen molar-refractivity contribution in [3.8, 4) is 16.2 Å². The summed E-state index contributed by atoms with van der Waals surface area (Å²) in [5.41, 5.74) is 1.76. The van der Waals surface area contributed by atoms with Crippen LogP contribution in [0.3, 0.4) is 0 Å². The van der Waals surface area contributed by atoms with Gasteiger partial charge >= 0.3 is 0 Å². The van der Waals surface area contributed by atoms with Gasteiger partial charge in [-0.3, -0.25) is 0 Å². The van der Waals surface area contributed by atoms with Gasteiger partial charge in [0.1, 0.15) is 5.75 Å². The van der Waals surface area contributed by atoms with Crippen molar-refractivity contribution in [3.63, 3.8) is 0 Å². The van der Waals surface area contributed by atoms with Gasteiger partial charge in [-0.15, -0.1) is 11.3 Å².